The van der Waals surface area contributed by atoms with E-state index < -0.39 is 10.0 Å². The highest BCUT2D eigenvalue weighted by atomic mass is 32.2. The van der Waals surface area contributed by atoms with Crippen LogP contribution < -0.4 is 5.32 Å². The van der Waals surface area contributed by atoms with Crippen LogP contribution >= 0.6 is 0 Å². The van der Waals surface area contributed by atoms with Crippen molar-refractivity contribution in [1.82, 2.24) is 14.2 Å². The average Bonchev–Trinajstić information content (AvgIpc) is 2.96. The summed E-state index contributed by atoms with van der Waals surface area (Å²) in [6.45, 7) is 5.08. The Morgan fingerprint density at radius 3 is 2.62 bits per heavy atom. The molecule has 0 spiro atoms. The molecule has 2 heterocycles. The molecule has 1 aliphatic heterocycles. The molecule has 1 aromatic heterocycles. The van der Waals surface area contributed by atoms with E-state index >= 15 is 0 Å². The van der Waals surface area contributed by atoms with Crippen LogP contribution in [0.3, 0.4) is 0 Å². The van der Waals surface area contributed by atoms with Crippen LogP contribution in [-0.2, 0) is 23.1 Å². The Morgan fingerprint density at radius 1 is 1.29 bits per heavy atom. The first-order valence-corrected chi connectivity index (χ1v) is 9.48. The van der Waals surface area contributed by atoms with E-state index in [1.807, 2.05) is 12.3 Å². The van der Waals surface area contributed by atoms with Crippen molar-refractivity contribution in [3.8, 4) is 0 Å². The number of aromatic nitrogens is 1. The molecule has 1 aromatic rings. The Bertz CT molecular complexity index is 584. The topological polar surface area (TPSA) is 54.3 Å². The zero-order valence-corrected chi connectivity index (χ0v) is 13.5. The molecule has 0 atom stereocenters. The number of rotatable bonds is 7. The second kappa shape index (κ2) is 6.10. The third kappa shape index (κ3) is 3.33. The molecule has 2 fully saturated rings. The van der Waals surface area contributed by atoms with Crippen LogP contribution in [0.4, 0.5) is 0 Å². The van der Waals surface area contributed by atoms with E-state index in [1.54, 1.807) is 4.31 Å². The zero-order chi connectivity index (χ0) is 14.9. The predicted octanol–water partition coefficient (Wildman–Crippen LogP) is 1.93. The molecule has 0 radical (unpaired) electrons. The lowest BCUT2D eigenvalue weighted by atomic mass is 10.4. The molecule has 6 heteroatoms. The molecule has 1 saturated heterocycles. The molecule has 0 unspecified atom stereocenters. The van der Waals surface area contributed by atoms with Crippen molar-refractivity contribution in [2.24, 2.45) is 0 Å². The van der Waals surface area contributed by atoms with Crippen LogP contribution in [-0.4, -0.2) is 36.4 Å². The number of nitrogens with zero attached hydrogens (tertiary/aromatic N) is 2. The highest BCUT2D eigenvalue weighted by Gasteiger charge is 2.29. The van der Waals surface area contributed by atoms with Crippen molar-refractivity contribution in [3.63, 3.8) is 0 Å². The van der Waals surface area contributed by atoms with Gasteiger partial charge in [-0.25, -0.2) is 8.42 Å². The van der Waals surface area contributed by atoms with Gasteiger partial charge in [0.05, 0.1) is 0 Å². The van der Waals surface area contributed by atoms with Crippen molar-refractivity contribution in [3.05, 3.63) is 18.0 Å². The van der Waals surface area contributed by atoms with Gasteiger partial charge in [0, 0.05) is 44.1 Å². The van der Waals surface area contributed by atoms with Gasteiger partial charge in [0.1, 0.15) is 4.90 Å². The van der Waals surface area contributed by atoms with E-state index in [9.17, 15) is 8.42 Å². The van der Waals surface area contributed by atoms with Gasteiger partial charge in [0.2, 0.25) is 10.0 Å². The molecule has 3 rings (SSSR count). The lowest BCUT2D eigenvalue weighted by Crippen LogP contribution is -2.27. The smallest absolute Gasteiger partial charge is 0.244 e. The van der Waals surface area contributed by atoms with Gasteiger partial charge in [0.25, 0.3) is 0 Å². The maximum absolute atomic E-state index is 12.6. The largest absolute Gasteiger partial charge is 0.349 e. The predicted molar refractivity (Wildman–Crippen MR) is 82.6 cm³/mol. The molecule has 2 aliphatic rings. The number of hydrogen-bond acceptors (Lipinski definition) is 3. The first-order chi connectivity index (χ1) is 10.1. The minimum Gasteiger partial charge on any atom is -0.349 e. The van der Waals surface area contributed by atoms with E-state index in [1.165, 1.54) is 12.8 Å². The molecule has 1 aliphatic carbocycles. The molecular formula is C15H25N3O2S. The van der Waals surface area contributed by atoms with Crippen LogP contribution in [0, 0.1) is 0 Å². The number of sulfonamides is 1. The monoisotopic (exact) mass is 311 g/mol. The summed E-state index contributed by atoms with van der Waals surface area (Å²) in [7, 11) is -3.30. The minimum absolute atomic E-state index is 0.463. The van der Waals surface area contributed by atoms with Gasteiger partial charge < -0.3 is 9.88 Å². The highest BCUT2D eigenvalue weighted by Crippen LogP contribution is 2.24. The standard InChI is InChI=1S/C15H25N3O2S/c1-2-7-17-12-15(10-14(17)11-16-13-5-6-13)21(19,20)18-8-3-4-9-18/h10,12-13,16H,2-9,11H2,1H3. The van der Waals surface area contributed by atoms with E-state index in [-0.39, 0.29) is 0 Å². The van der Waals surface area contributed by atoms with Crippen LogP contribution in [0.15, 0.2) is 17.2 Å². The SMILES string of the molecule is CCCn1cc(S(=O)(=O)N2CCCC2)cc1CNC1CC1. The van der Waals surface area contributed by atoms with Crippen LogP contribution in [0.1, 0.15) is 44.7 Å². The number of aryl methyl sites for hydroxylation is 1. The second-order valence-electron chi connectivity index (χ2n) is 6.13. The fraction of sp³-hybridized carbons (Fsp3) is 0.733. The van der Waals surface area contributed by atoms with Gasteiger partial charge in [0.15, 0.2) is 0 Å². The summed E-state index contributed by atoms with van der Waals surface area (Å²) in [4.78, 5) is 0.463. The Balaban J connectivity index is 1.81. The summed E-state index contributed by atoms with van der Waals surface area (Å²) in [6, 6.07) is 2.49. The summed E-state index contributed by atoms with van der Waals surface area (Å²) in [6.07, 6.45) is 7.27. The van der Waals surface area contributed by atoms with Crippen molar-refractivity contribution in [2.45, 2.75) is 63.1 Å². The average molecular weight is 311 g/mol. The van der Waals surface area contributed by atoms with Gasteiger partial charge in [-0.1, -0.05) is 6.92 Å². The number of nitrogens with one attached hydrogen (secondary N) is 1. The fourth-order valence-electron chi connectivity index (χ4n) is 2.88. The molecule has 1 N–H and O–H groups in total. The Morgan fingerprint density at radius 2 is 2.00 bits per heavy atom. The highest BCUT2D eigenvalue weighted by molar-refractivity contribution is 7.89. The van der Waals surface area contributed by atoms with E-state index in [0.29, 0.717) is 24.0 Å². The quantitative estimate of drug-likeness (QED) is 0.837. The maximum atomic E-state index is 12.6. The Labute approximate surface area is 127 Å². The van der Waals surface area contributed by atoms with Gasteiger partial charge >= 0.3 is 0 Å². The lowest BCUT2D eigenvalue weighted by molar-refractivity contribution is 0.477. The van der Waals surface area contributed by atoms with Gasteiger partial charge in [-0.2, -0.15) is 4.31 Å². The van der Waals surface area contributed by atoms with Crippen LogP contribution in [0.5, 0.6) is 0 Å². The summed E-state index contributed by atoms with van der Waals surface area (Å²) in [5.41, 5.74) is 1.08. The molecule has 5 nitrogen and oxygen atoms in total. The molecule has 21 heavy (non-hydrogen) atoms. The Hall–Kier alpha value is -0.850. The van der Waals surface area contributed by atoms with E-state index in [0.717, 1.165) is 38.0 Å². The van der Waals surface area contributed by atoms with E-state index in [4.69, 9.17) is 0 Å². The third-order valence-electron chi connectivity index (χ3n) is 4.28. The van der Waals surface area contributed by atoms with Crippen LogP contribution in [0.25, 0.3) is 0 Å². The van der Waals surface area contributed by atoms with Crippen molar-refractivity contribution < 1.29 is 8.42 Å². The lowest BCUT2D eigenvalue weighted by Gasteiger charge is -2.13. The maximum Gasteiger partial charge on any atom is 0.244 e. The molecule has 0 bridgehead atoms. The molecule has 0 aromatic carbocycles. The van der Waals surface area contributed by atoms with Crippen LogP contribution in [0.2, 0.25) is 0 Å². The summed E-state index contributed by atoms with van der Waals surface area (Å²) < 4.78 is 29.0. The molecule has 1 saturated carbocycles. The number of hydrogen-bond donors (Lipinski definition) is 1. The zero-order valence-electron chi connectivity index (χ0n) is 12.7. The van der Waals surface area contributed by atoms with E-state index in [2.05, 4.69) is 16.8 Å². The fourth-order valence-corrected chi connectivity index (χ4v) is 4.46. The first kappa shape index (κ1) is 15.1. The second-order valence-corrected chi connectivity index (χ2v) is 8.06. The van der Waals surface area contributed by atoms with Crippen molar-refractivity contribution in [2.75, 3.05) is 13.1 Å². The van der Waals surface area contributed by atoms with Gasteiger partial charge in [-0.3, -0.25) is 0 Å². The first-order valence-electron chi connectivity index (χ1n) is 8.04. The normalized spacial score (nSPS) is 20.2. The Kier molecular flexibility index (Phi) is 4.38. The summed E-state index contributed by atoms with van der Waals surface area (Å²) in [5.74, 6) is 0. The minimum atomic E-state index is -3.30. The molecule has 118 valence electrons. The van der Waals surface area contributed by atoms with Gasteiger partial charge in [-0.15, -0.1) is 0 Å². The van der Waals surface area contributed by atoms with Crippen molar-refractivity contribution >= 4 is 10.0 Å². The summed E-state index contributed by atoms with van der Waals surface area (Å²) in [5, 5.41) is 3.48. The molecule has 0 amide bonds. The van der Waals surface area contributed by atoms with Crippen molar-refractivity contribution in [1.29, 1.82) is 0 Å². The van der Waals surface area contributed by atoms with Gasteiger partial charge in [-0.05, 0) is 38.2 Å². The third-order valence-corrected chi connectivity index (χ3v) is 6.14. The molecular weight excluding hydrogens is 286 g/mol. The summed E-state index contributed by atoms with van der Waals surface area (Å²) >= 11 is 0.